The highest BCUT2D eigenvalue weighted by Gasteiger charge is 2.10. The first kappa shape index (κ1) is 10.2. The number of hydrogen-bond donors (Lipinski definition) is 1. The quantitative estimate of drug-likeness (QED) is 0.764. The van der Waals surface area contributed by atoms with E-state index in [9.17, 15) is 9.50 Å². The Morgan fingerprint density at radius 2 is 2.23 bits per heavy atom. The molecule has 0 aliphatic rings. The van der Waals surface area contributed by atoms with Crippen LogP contribution in [0.1, 0.15) is 6.92 Å². The number of benzene rings is 1. The van der Waals surface area contributed by atoms with Crippen LogP contribution in [0.3, 0.4) is 0 Å². The molecule has 0 amide bonds. The van der Waals surface area contributed by atoms with E-state index >= 15 is 0 Å². The maximum absolute atomic E-state index is 12.8. The zero-order valence-corrected chi connectivity index (χ0v) is 8.32. The van der Waals surface area contributed by atoms with Crippen molar-refractivity contribution in [1.29, 1.82) is 0 Å². The molecule has 0 atom stereocenters. The van der Waals surface area contributed by atoms with Gasteiger partial charge in [0, 0.05) is 6.07 Å². The van der Waals surface area contributed by atoms with Crippen LogP contribution in [0.5, 0.6) is 11.5 Å². The van der Waals surface area contributed by atoms with Crippen molar-refractivity contribution in [2.24, 2.45) is 0 Å². The van der Waals surface area contributed by atoms with E-state index in [4.69, 9.17) is 4.74 Å². The van der Waals surface area contributed by atoms with Crippen molar-refractivity contribution in [2.75, 3.05) is 12.9 Å². The van der Waals surface area contributed by atoms with Crippen molar-refractivity contribution in [3.05, 3.63) is 17.9 Å². The van der Waals surface area contributed by atoms with Crippen molar-refractivity contribution in [3.63, 3.8) is 0 Å². The van der Waals surface area contributed by atoms with Crippen LogP contribution in [0, 0.1) is 5.82 Å². The highest BCUT2D eigenvalue weighted by molar-refractivity contribution is 7.98. The molecule has 0 radical (unpaired) electrons. The fourth-order valence-electron chi connectivity index (χ4n) is 0.996. The maximum Gasteiger partial charge on any atom is 0.174 e. The van der Waals surface area contributed by atoms with Gasteiger partial charge in [0.2, 0.25) is 0 Å². The SMILES string of the molecule is CCOc1c(O)cc(F)cc1SC. The summed E-state index contributed by atoms with van der Waals surface area (Å²) in [4.78, 5) is 0.611. The molecule has 13 heavy (non-hydrogen) atoms. The van der Waals surface area contributed by atoms with E-state index < -0.39 is 5.82 Å². The number of halogens is 1. The summed E-state index contributed by atoms with van der Waals surface area (Å²) in [6.45, 7) is 2.26. The Balaban J connectivity index is 3.13. The van der Waals surface area contributed by atoms with Gasteiger partial charge in [0.25, 0.3) is 0 Å². The summed E-state index contributed by atoms with van der Waals surface area (Å²) in [5.74, 6) is -0.243. The smallest absolute Gasteiger partial charge is 0.174 e. The molecule has 2 nitrogen and oxygen atoms in total. The van der Waals surface area contributed by atoms with E-state index in [1.165, 1.54) is 17.8 Å². The Labute approximate surface area is 80.7 Å². The van der Waals surface area contributed by atoms with E-state index in [1.807, 2.05) is 6.92 Å². The first-order valence-electron chi connectivity index (χ1n) is 3.88. The summed E-state index contributed by atoms with van der Waals surface area (Å²) in [6, 6.07) is 2.39. The molecule has 72 valence electrons. The third kappa shape index (κ3) is 2.28. The number of aromatic hydroxyl groups is 1. The summed E-state index contributed by atoms with van der Waals surface area (Å²) >= 11 is 1.34. The second-order valence-corrected chi connectivity index (χ2v) is 3.24. The van der Waals surface area contributed by atoms with Crippen molar-refractivity contribution < 1.29 is 14.2 Å². The number of hydrogen-bond acceptors (Lipinski definition) is 3. The maximum atomic E-state index is 12.8. The van der Waals surface area contributed by atoms with Crippen LogP contribution in [0.15, 0.2) is 17.0 Å². The molecule has 1 aromatic carbocycles. The van der Waals surface area contributed by atoms with Crippen molar-refractivity contribution in [3.8, 4) is 11.5 Å². The molecular weight excluding hydrogens is 191 g/mol. The van der Waals surface area contributed by atoms with Gasteiger partial charge in [0.15, 0.2) is 11.5 Å². The standard InChI is InChI=1S/C9H11FO2S/c1-3-12-9-7(11)4-6(10)5-8(9)13-2/h4-5,11H,3H2,1-2H3. The third-order valence-electron chi connectivity index (χ3n) is 1.51. The van der Waals surface area contributed by atoms with Crippen LogP contribution in [-0.4, -0.2) is 18.0 Å². The molecule has 0 unspecified atom stereocenters. The lowest BCUT2D eigenvalue weighted by Gasteiger charge is -2.09. The van der Waals surface area contributed by atoms with E-state index in [1.54, 1.807) is 6.26 Å². The molecule has 0 fully saturated rings. The van der Waals surface area contributed by atoms with E-state index in [0.29, 0.717) is 17.3 Å². The fraction of sp³-hybridized carbons (Fsp3) is 0.333. The van der Waals surface area contributed by atoms with Gasteiger partial charge in [-0.3, -0.25) is 0 Å². The number of rotatable bonds is 3. The minimum Gasteiger partial charge on any atom is -0.504 e. The van der Waals surface area contributed by atoms with Gasteiger partial charge in [0.1, 0.15) is 5.82 Å². The van der Waals surface area contributed by atoms with E-state index in [-0.39, 0.29) is 5.75 Å². The zero-order valence-electron chi connectivity index (χ0n) is 7.50. The van der Waals surface area contributed by atoms with Crippen LogP contribution >= 0.6 is 11.8 Å². The van der Waals surface area contributed by atoms with Gasteiger partial charge in [-0.05, 0) is 19.2 Å². The van der Waals surface area contributed by atoms with Crippen LogP contribution in [0.4, 0.5) is 4.39 Å². The molecule has 0 saturated carbocycles. The molecule has 0 aromatic heterocycles. The van der Waals surface area contributed by atoms with E-state index in [0.717, 1.165) is 6.07 Å². The van der Waals surface area contributed by atoms with Crippen LogP contribution in [-0.2, 0) is 0 Å². The third-order valence-corrected chi connectivity index (χ3v) is 2.25. The normalized spacial score (nSPS) is 10.1. The molecule has 1 N–H and O–H groups in total. The highest BCUT2D eigenvalue weighted by Crippen LogP contribution is 2.36. The number of thioether (sulfide) groups is 1. The fourth-order valence-corrected chi connectivity index (χ4v) is 1.58. The summed E-state index contributed by atoms with van der Waals surface area (Å²) in [5, 5.41) is 9.36. The predicted octanol–water partition coefficient (Wildman–Crippen LogP) is 2.65. The molecule has 0 heterocycles. The first-order chi connectivity index (χ1) is 6.19. The second-order valence-electron chi connectivity index (χ2n) is 2.39. The van der Waals surface area contributed by atoms with Gasteiger partial charge < -0.3 is 9.84 Å². The van der Waals surface area contributed by atoms with Crippen LogP contribution in [0.25, 0.3) is 0 Å². The van der Waals surface area contributed by atoms with Gasteiger partial charge in [-0.15, -0.1) is 11.8 Å². The number of ether oxygens (including phenoxy) is 1. The van der Waals surface area contributed by atoms with Crippen molar-refractivity contribution in [2.45, 2.75) is 11.8 Å². The van der Waals surface area contributed by atoms with Gasteiger partial charge in [0.05, 0.1) is 11.5 Å². The average molecular weight is 202 g/mol. The Morgan fingerprint density at radius 1 is 1.54 bits per heavy atom. The van der Waals surface area contributed by atoms with Crippen LogP contribution < -0.4 is 4.74 Å². The lowest BCUT2D eigenvalue weighted by atomic mass is 10.3. The predicted molar refractivity (Wildman–Crippen MR) is 51.0 cm³/mol. The zero-order chi connectivity index (χ0) is 9.84. The summed E-state index contributed by atoms with van der Waals surface area (Å²) in [5.41, 5.74) is 0. The van der Waals surface area contributed by atoms with Crippen molar-refractivity contribution in [1.82, 2.24) is 0 Å². The molecule has 4 heteroatoms. The Kier molecular flexibility index (Phi) is 3.42. The lowest BCUT2D eigenvalue weighted by Crippen LogP contribution is -1.94. The summed E-state index contributed by atoms with van der Waals surface area (Å²) in [6.07, 6.45) is 1.80. The molecule has 0 aliphatic heterocycles. The Morgan fingerprint density at radius 3 is 2.77 bits per heavy atom. The highest BCUT2D eigenvalue weighted by atomic mass is 32.2. The molecule has 0 aliphatic carbocycles. The van der Waals surface area contributed by atoms with Gasteiger partial charge in [-0.2, -0.15) is 0 Å². The molecule has 0 saturated heterocycles. The minimum absolute atomic E-state index is 0.147. The van der Waals surface area contributed by atoms with Gasteiger partial charge in [-0.1, -0.05) is 0 Å². The molecule has 1 rings (SSSR count). The van der Waals surface area contributed by atoms with E-state index in [2.05, 4.69) is 0 Å². The number of phenols is 1. The monoisotopic (exact) mass is 202 g/mol. The molecule has 0 bridgehead atoms. The Hall–Kier alpha value is -0.900. The summed E-state index contributed by atoms with van der Waals surface area (Å²) in [7, 11) is 0. The molecule has 0 spiro atoms. The molecule has 1 aromatic rings. The largest absolute Gasteiger partial charge is 0.504 e. The average Bonchev–Trinajstić information content (AvgIpc) is 2.09. The van der Waals surface area contributed by atoms with Gasteiger partial charge in [-0.25, -0.2) is 4.39 Å². The molecular formula is C9H11FO2S. The van der Waals surface area contributed by atoms with Crippen LogP contribution in [0.2, 0.25) is 0 Å². The first-order valence-corrected chi connectivity index (χ1v) is 5.10. The second kappa shape index (κ2) is 4.37. The van der Waals surface area contributed by atoms with Gasteiger partial charge >= 0.3 is 0 Å². The Bertz CT molecular complexity index is 302. The summed E-state index contributed by atoms with van der Waals surface area (Å²) < 4.78 is 18.0. The van der Waals surface area contributed by atoms with Crippen molar-refractivity contribution >= 4 is 11.8 Å². The topological polar surface area (TPSA) is 29.5 Å². The lowest BCUT2D eigenvalue weighted by molar-refractivity contribution is 0.308. The minimum atomic E-state index is -0.453. The number of phenolic OH excluding ortho intramolecular Hbond substituents is 1.